The normalized spacial score (nSPS) is 22.5. The number of benzene rings is 2. The maximum absolute atomic E-state index is 11.0. The first kappa shape index (κ1) is 26.3. The van der Waals surface area contributed by atoms with E-state index in [-0.39, 0.29) is 10.8 Å². The van der Waals surface area contributed by atoms with Gasteiger partial charge in [-0.05, 0) is 65.8 Å². The average molecular weight is 487 g/mol. The lowest BCUT2D eigenvalue weighted by atomic mass is 9.80. The number of unbranched alkanes of at least 4 members (excludes halogenated alkanes) is 4. The SMILES string of the molecule is CCCCCCCc1ccccc1-c1cc([C@@]2(C)C[C@H]2C=CC(C)=CC(=O)O)cc2c1OCC2(C)C. The van der Waals surface area contributed by atoms with Crippen molar-refractivity contribution < 1.29 is 14.6 Å². The lowest BCUT2D eigenvalue weighted by Crippen LogP contribution is -2.18. The summed E-state index contributed by atoms with van der Waals surface area (Å²) in [6.45, 7) is 11.7. The Morgan fingerprint density at radius 2 is 1.83 bits per heavy atom. The van der Waals surface area contributed by atoms with E-state index in [1.807, 2.05) is 13.0 Å². The lowest BCUT2D eigenvalue weighted by molar-refractivity contribution is -0.131. The number of carbonyl (C=O) groups is 1. The Hall–Kier alpha value is -2.81. The Kier molecular flexibility index (Phi) is 7.78. The van der Waals surface area contributed by atoms with Crippen molar-refractivity contribution in [1.82, 2.24) is 0 Å². The van der Waals surface area contributed by atoms with Gasteiger partial charge in [-0.15, -0.1) is 0 Å². The Labute approximate surface area is 217 Å². The van der Waals surface area contributed by atoms with Crippen molar-refractivity contribution in [3.05, 3.63) is 76.9 Å². The Balaban J connectivity index is 1.68. The Morgan fingerprint density at radius 1 is 1.08 bits per heavy atom. The fourth-order valence-corrected chi connectivity index (χ4v) is 5.59. The third kappa shape index (κ3) is 5.61. The van der Waals surface area contributed by atoms with Gasteiger partial charge in [0.2, 0.25) is 0 Å². The highest BCUT2D eigenvalue weighted by molar-refractivity contribution is 5.81. The van der Waals surface area contributed by atoms with E-state index in [4.69, 9.17) is 9.84 Å². The molecule has 0 saturated heterocycles. The van der Waals surface area contributed by atoms with Gasteiger partial charge in [0.1, 0.15) is 5.75 Å². The first-order chi connectivity index (χ1) is 17.2. The van der Waals surface area contributed by atoms with Crippen LogP contribution in [0, 0.1) is 5.92 Å². The molecule has 0 spiro atoms. The van der Waals surface area contributed by atoms with E-state index in [1.54, 1.807) is 0 Å². The molecule has 1 heterocycles. The first-order valence-electron chi connectivity index (χ1n) is 13.6. The van der Waals surface area contributed by atoms with Gasteiger partial charge < -0.3 is 9.84 Å². The predicted octanol–water partition coefficient (Wildman–Crippen LogP) is 8.40. The number of carboxylic acid groups (broad SMARTS) is 1. The van der Waals surface area contributed by atoms with Gasteiger partial charge in [0, 0.05) is 22.6 Å². The molecule has 192 valence electrons. The zero-order valence-corrected chi connectivity index (χ0v) is 22.7. The van der Waals surface area contributed by atoms with E-state index in [0.717, 1.165) is 24.2 Å². The predicted molar refractivity (Wildman–Crippen MR) is 149 cm³/mol. The molecule has 3 heteroatoms. The molecule has 2 aromatic rings. The van der Waals surface area contributed by atoms with Crippen LogP contribution in [0.1, 0.15) is 89.8 Å². The summed E-state index contributed by atoms with van der Waals surface area (Å²) in [6, 6.07) is 13.6. The lowest BCUT2D eigenvalue weighted by Gasteiger charge is -2.21. The highest BCUT2D eigenvalue weighted by atomic mass is 16.5. The summed E-state index contributed by atoms with van der Waals surface area (Å²) in [5.74, 6) is 0.559. The van der Waals surface area contributed by atoms with Crippen LogP contribution in [-0.2, 0) is 22.0 Å². The van der Waals surface area contributed by atoms with E-state index < -0.39 is 5.97 Å². The number of ether oxygens (including phenoxy) is 1. The quantitative estimate of drug-likeness (QED) is 0.197. The summed E-state index contributed by atoms with van der Waals surface area (Å²) in [4.78, 5) is 11.0. The van der Waals surface area contributed by atoms with Gasteiger partial charge in [-0.2, -0.15) is 0 Å². The largest absolute Gasteiger partial charge is 0.492 e. The number of rotatable bonds is 11. The highest BCUT2D eigenvalue weighted by Gasteiger charge is 2.50. The van der Waals surface area contributed by atoms with Gasteiger partial charge in [0.05, 0.1) is 6.61 Å². The van der Waals surface area contributed by atoms with Crippen LogP contribution in [0.25, 0.3) is 11.1 Å². The zero-order chi connectivity index (χ0) is 25.9. The van der Waals surface area contributed by atoms with Gasteiger partial charge in [0.15, 0.2) is 0 Å². The first-order valence-corrected chi connectivity index (χ1v) is 13.6. The summed E-state index contributed by atoms with van der Waals surface area (Å²) >= 11 is 0. The minimum Gasteiger partial charge on any atom is -0.492 e. The number of carboxylic acids is 1. The molecular weight excluding hydrogens is 444 g/mol. The van der Waals surface area contributed by atoms with Crippen LogP contribution in [-0.4, -0.2) is 17.7 Å². The molecule has 1 aliphatic heterocycles. The monoisotopic (exact) mass is 486 g/mol. The van der Waals surface area contributed by atoms with Gasteiger partial charge in [0.25, 0.3) is 0 Å². The topological polar surface area (TPSA) is 46.5 Å². The number of hydrogen-bond acceptors (Lipinski definition) is 2. The molecule has 1 fully saturated rings. The minimum atomic E-state index is -0.898. The zero-order valence-electron chi connectivity index (χ0n) is 22.7. The van der Waals surface area contributed by atoms with Gasteiger partial charge in [-0.1, -0.05) is 95.9 Å². The van der Waals surface area contributed by atoms with E-state index in [2.05, 4.69) is 70.2 Å². The standard InChI is InChI=1S/C33H42O3/c1-6-7-8-9-10-13-24-14-11-12-15-27(24)28-19-26(20-29-31(28)36-22-32(29,3)4)33(5)21-25(33)17-16-23(2)18-30(34)35/h11-12,14-20,25H,6-10,13,21-22H2,1-5H3,(H,34,35)/t25-,33+/m1/s1. The van der Waals surface area contributed by atoms with Crippen molar-refractivity contribution in [2.75, 3.05) is 6.61 Å². The maximum atomic E-state index is 11.0. The summed E-state index contributed by atoms with van der Waals surface area (Å²) in [5, 5.41) is 9.02. The molecular formula is C33H42O3. The number of aryl methyl sites for hydroxylation is 1. The Morgan fingerprint density at radius 3 is 2.58 bits per heavy atom. The molecule has 2 aliphatic rings. The van der Waals surface area contributed by atoms with E-state index in [9.17, 15) is 4.79 Å². The molecule has 1 aliphatic carbocycles. The van der Waals surface area contributed by atoms with Crippen molar-refractivity contribution in [3.63, 3.8) is 0 Å². The molecule has 2 atom stereocenters. The fraction of sp³-hybridized carbons (Fsp3) is 0.485. The molecule has 0 aromatic heterocycles. The van der Waals surface area contributed by atoms with Crippen molar-refractivity contribution in [3.8, 4) is 16.9 Å². The van der Waals surface area contributed by atoms with E-state index in [0.29, 0.717) is 12.5 Å². The second-order valence-corrected chi connectivity index (χ2v) is 11.7. The maximum Gasteiger partial charge on any atom is 0.328 e. The van der Waals surface area contributed by atoms with E-state index >= 15 is 0 Å². The van der Waals surface area contributed by atoms with Crippen LogP contribution in [0.4, 0.5) is 0 Å². The number of allylic oxidation sites excluding steroid dienone is 3. The van der Waals surface area contributed by atoms with Gasteiger partial charge in [-0.25, -0.2) is 4.79 Å². The summed E-state index contributed by atoms with van der Waals surface area (Å²) in [6.07, 6.45) is 14.0. The molecule has 36 heavy (non-hydrogen) atoms. The molecule has 2 aromatic carbocycles. The van der Waals surface area contributed by atoms with Crippen molar-refractivity contribution in [1.29, 1.82) is 0 Å². The number of hydrogen-bond donors (Lipinski definition) is 1. The average Bonchev–Trinajstić information content (AvgIpc) is 3.41. The van der Waals surface area contributed by atoms with Gasteiger partial charge >= 0.3 is 5.97 Å². The van der Waals surface area contributed by atoms with Gasteiger partial charge in [-0.3, -0.25) is 0 Å². The van der Waals surface area contributed by atoms with Crippen LogP contribution in [0.2, 0.25) is 0 Å². The molecule has 0 unspecified atom stereocenters. The van der Waals surface area contributed by atoms with Crippen molar-refractivity contribution >= 4 is 5.97 Å². The summed E-state index contributed by atoms with van der Waals surface area (Å²) in [7, 11) is 0. The van der Waals surface area contributed by atoms with Crippen LogP contribution in [0.5, 0.6) is 5.75 Å². The van der Waals surface area contributed by atoms with E-state index in [1.165, 1.54) is 66.0 Å². The summed E-state index contributed by atoms with van der Waals surface area (Å²) < 4.78 is 6.37. The number of fused-ring (bicyclic) bond motifs is 1. The molecule has 0 bridgehead atoms. The van der Waals surface area contributed by atoms with Crippen molar-refractivity contribution in [2.24, 2.45) is 5.92 Å². The van der Waals surface area contributed by atoms with Crippen LogP contribution < -0.4 is 4.74 Å². The summed E-state index contributed by atoms with van der Waals surface area (Å²) in [5.41, 5.74) is 7.43. The molecule has 1 N–H and O–H groups in total. The minimum absolute atomic E-state index is 0.0212. The molecule has 3 nitrogen and oxygen atoms in total. The highest BCUT2D eigenvalue weighted by Crippen LogP contribution is 2.57. The van der Waals surface area contributed by atoms with Crippen molar-refractivity contribution in [2.45, 2.75) is 90.4 Å². The molecule has 4 rings (SSSR count). The van der Waals surface area contributed by atoms with Crippen LogP contribution in [0.15, 0.2) is 60.2 Å². The Bertz CT molecular complexity index is 1170. The van der Waals surface area contributed by atoms with Crippen LogP contribution >= 0.6 is 0 Å². The molecule has 0 amide bonds. The third-order valence-electron chi connectivity index (χ3n) is 8.16. The second-order valence-electron chi connectivity index (χ2n) is 11.7. The molecule has 0 radical (unpaired) electrons. The molecule has 1 saturated carbocycles. The smallest absolute Gasteiger partial charge is 0.328 e. The second kappa shape index (κ2) is 10.7. The fourth-order valence-electron chi connectivity index (χ4n) is 5.59. The number of aliphatic carboxylic acids is 1. The van der Waals surface area contributed by atoms with Crippen LogP contribution in [0.3, 0.4) is 0 Å². The third-order valence-corrected chi connectivity index (χ3v) is 8.16.